The van der Waals surface area contributed by atoms with E-state index in [0.29, 0.717) is 12.6 Å². The minimum absolute atomic E-state index is 0.412. The van der Waals surface area contributed by atoms with Crippen molar-refractivity contribution in [2.75, 3.05) is 31.1 Å². The normalized spacial score (nSPS) is 20.9. The highest BCUT2D eigenvalue weighted by Crippen LogP contribution is 2.31. The number of anilines is 1. The fraction of sp³-hybridized carbons (Fsp3) is 0.684. The fourth-order valence-electron chi connectivity index (χ4n) is 3.44. The monoisotopic (exact) mass is 345 g/mol. The van der Waals surface area contributed by atoms with E-state index in [2.05, 4.69) is 44.6 Å². The molecular formula is C19H31N5O. The van der Waals surface area contributed by atoms with Crippen LogP contribution in [0.25, 0.3) is 0 Å². The molecule has 3 N–H and O–H groups in total. The molecule has 2 aliphatic rings. The van der Waals surface area contributed by atoms with E-state index in [9.17, 15) is 5.11 Å². The van der Waals surface area contributed by atoms with Crippen molar-refractivity contribution in [3.8, 4) is 0 Å². The lowest BCUT2D eigenvalue weighted by molar-refractivity contribution is -0.0236. The second kappa shape index (κ2) is 8.04. The molecule has 6 nitrogen and oxygen atoms in total. The predicted octanol–water partition coefficient (Wildman–Crippen LogP) is 1.83. The number of aliphatic hydroxyl groups is 1. The zero-order valence-corrected chi connectivity index (χ0v) is 15.5. The van der Waals surface area contributed by atoms with E-state index in [-0.39, 0.29) is 0 Å². The van der Waals surface area contributed by atoms with Gasteiger partial charge in [-0.1, -0.05) is 6.07 Å². The van der Waals surface area contributed by atoms with Crippen molar-refractivity contribution < 1.29 is 5.11 Å². The first-order valence-electron chi connectivity index (χ1n) is 9.54. The van der Waals surface area contributed by atoms with Gasteiger partial charge in [-0.2, -0.15) is 0 Å². The van der Waals surface area contributed by atoms with Gasteiger partial charge in [0.15, 0.2) is 5.96 Å². The molecule has 0 radical (unpaired) electrons. The molecule has 1 aromatic rings. The summed E-state index contributed by atoms with van der Waals surface area (Å²) in [5.41, 5.74) is 0.496. The summed E-state index contributed by atoms with van der Waals surface area (Å²) in [5.74, 6) is 1.90. The van der Waals surface area contributed by atoms with Gasteiger partial charge in [-0.25, -0.2) is 4.98 Å². The highest BCUT2D eigenvalue weighted by atomic mass is 16.3. The largest absolute Gasteiger partial charge is 0.388 e. The second-order valence-electron chi connectivity index (χ2n) is 7.32. The molecule has 0 spiro atoms. The molecular weight excluding hydrogens is 314 g/mol. The Kier molecular flexibility index (Phi) is 5.78. The second-order valence-corrected chi connectivity index (χ2v) is 7.32. The molecule has 0 atom stereocenters. The third-order valence-electron chi connectivity index (χ3n) is 5.19. The topological polar surface area (TPSA) is 72.8 Å². The number of nitrogens with zero attached hydrogens (tertiary/aromatic N) is 3. The lowest BCUT2D eigenvalue weighted by atomic mass is 9.80. The van der Waals surface area contributed by atoms with Gasteiger partial charge in [0.1, 0.15) is 5.82 Å². The van der Waals surface area contributed by atoms with Crippen LogP contribution in [0.5, 0.6) is 0 Å². The van der Waals surface area contributed by atoms with Crippen LogP contribution in [0, 0.1) is 6.92 Å². The van der Waals surface area contributed by atoms with E-state index in [0.717, 1.165) is 69.2 Å². The molecule has 1 aromatic heterocycles. The van der Waals surface area contributed by atoms with Crippen LogP contribution in [0.15, 0.2) is 23.2 Å². The van der Waals surface area contributed by atoms with Gasteiger partial charge in [0, 0.05) is 31.4 Å². The summed E-state index contributed by atoms with van der Waals surface area (Å²) >= 11 is 0. The van der Waals surface area contributed by atoms with Crippen molar-refractivity contribution in [1.82, 2.24) is 15.6 Å². The summed E-state index contributed by atoms with van der Waals surface area (Å²) in [4.78, 5) is 11.6. The number of nitrogens with one attached hydrogen (secondary N) is 2. The van der Waals surface area contributed by atoms with Gasteiger partial charge < -0.3 is 20.6 Å². The summed E-state index contributed by atoms with van der Waals surface area (Å²) in [6.45, 7) is 7.42. The first kappa shape index (κ1) is 18.0. The van der Waals surface area contributed by atoms with Gasteiger partial charge in [0.2, 0.25) is 0 Å². The van der Waals surface area contributed by atoms with Crippen molar-refractivity contribution in [3.63, 3.8) is 0 Å². The molecule has 25 heavy (non-hydrogen) atoms. The molecule has 1 saturated carbocycles. The number of hydrogen-bond acceptors (Lipinski definition) is 4. The molecule has 2 heterocycles. The first-order valence-corrected chi connectivity index (χ1v) is 9.54. The van der Waals surface area contributed by atoms with Crippen LogP contribution in [0.1, 0.15) is 44.7 Å². The Hall–Kier alpha value is -1.82. The maximum atomic E-state index is 10.2. The zero-order valence-electron chi connectivity index (χ0n) is 15.5. The zero-order chi connectivity index (χ0) is 17.7. The van der Waals surface area contributed by atoms with E-state index in [1.807, 2.05) is 13.0 Å². The van der Waals surface area contributed by atoms with Gasteiger partial charge in [0.05, 0.1) is 12.1 Å². The number of pyridine rings is 1. The quantitative estimate of drug-likeness (QED) is 0.561. The van der Waals surface area contributed by atoms with E-state index in [4.69, 9.17) is 0 Å². The molecule has 1 aliphatic carbocycles. The molecule has 2 fully saturated rings. The van der Waals surface area contributed by atoms with Gasteiger partial charge in [0.25, 0.3) is 0 Å². The number of guanidine groups is 1. The number of hydrogen-bond donors (Lipinski definition) is 3. The van der Waals surface area contributed by atoms with Crippen LogP contribution in [-0.2, 0) is 0 Å². The Morgan fingerprint density at radius 2 is 2.12 bits per heavy atom. The minimum atomic E-state index is -0.567. The maximum absolute atomic E-state index is 10.2. The Morgan fingerprint density at radius 1 is 1.36 bits per heavy atom. The average molecular weight is 345 g/mol. The van der Waals surface area contributed by atoms with Crippen molar-refractivity contribution >= 4 is 11.8 Å². The number of aliphatic imine (C=N–C) groups is 1. The number of rotatable bonds is 5. The molecule has 0 unspecified atom stereocenters. The summed E-state index contributed by atoms with van der Waals surface area (Å²) in [6.07, 6.45) is 4.98. The SMILES string of the molecule is CCNC(=NCC1(O)CCC1)NC1CCN(c2cccc(C)n2)CC1. The third kappa shape index (κ3) is 4.84. The van der Waals surface area contributed by atoms with E-state index >= 15 is 0 Å². The smallest absolute Gasteiger partial charge is 0.191 e. The fourth-order valence-corrected chi connectivity index (χ4v) is 3.44. The average Bonchev–Trinajstić information content (AvgIpc) is 2.59. The molecule has 6 heteroatoms. The van der Waals surface area contributed by atoms with Gasteiger partial charge in [-0.3, -0.25) is 4.99 Å². The van der Waals surface area contributed by atoms with Crippen LogP contribution in [0.4, 0.5) is 5.82 Å². The van der Waals surface area contributed by atoms with Crippen LogP contribution in [0.2, 0.25) is 0 Å². The summed E-state index contributed by atoms with van der Waals surface area (Å²) < 4.78 is 0. The summed E-state index contributed by atoms with van der Waals surface area (Å²) in [5, 5.41) is 17.1. The molecule has 0 bridgehead atoms. The number of aromatic nitrogens is 1. The molecule has 1 aliphatic heterocycles. The number of piperidine rings is 1. The predicted molar refractivity (Wildman–Crippen MR) is 102 cm³/mol. The Labute approximate surface area is 150 Å². The van der Waals surface area contributed by atoms with Gasteiger partial charge >= 0.3 is 0 Å². The number of aryl methyl sites for hydroxylation is 1. The Bertz CT molecular complexity index is 591. The molecule has 0 aromatic carbocycles. The van der Waals surface area contributed by atoms with Crippen LogP contribution >= 0.6 is 0 Å². The molecule has 0 amide bonds. The first-order chi connectivity index (χ1) is 12.1. The van der Waals surface area contributed by atoms with Crippen molar-refractivity contribution in [2.45, 2.75) is 57.6 Å². The van der Waals surface area contributed by atoms with Crippen LogP contribution in [0.3, 0.4) is 0 Å². The van der Waals surface area contributed by atoms with Crippen LogP contribution in [-0.4, -0.2) is 53.9 Å². The van der Waals surface area contributed by atoms with Crippen molar-refractivity contribution in [3.05, 3.63) is 23.9 Å². The summed E-state index contributed by atoms with van der Waals surface area (Å²) in [7, 11) is 0. The standard InChI is InChI=1S/C19H31N5O/c1-3-20-18(21-14-19(25)10-5-11-19)23-16-8-12-24(13-9-16)17-7-4-6-15(2)22-17/h4,6-7,16,25H,3,5,8-14H2,1-2H3,(H2,20,21,23). The van der Waals surface area contributed by atoms with Crippen molar-refractivity contribution in [1.29, 1.82) is 0 Å². The van der Waals surface area contributed by atoms with Crippen LogP contribution < -0.4 is 15.5 Å². The minimum Gasteiger partial charge on any atom is -0.388 e. The van der Waals surface area contributed by atoms with Gasteiger partial charge in [-0.05, 0) is 58.1 Å². The summed E-state index contributed by atoms with van der Waals surface area (Å²) in [6, 6.07) is 6.61. The molecule has 3 rings (SSSR count). The molecule has 1 saturated heterocycles. The third-order valence-corrected chi connectivity index (χ3v) is 5.19. The van der Waals surface area contributed by atoms with E-state index in [1.165, 1.54) is 0 Å². The highest BCUT2D eigenvalue weighted by Gasteiger charge is 2.34. The lowest BCUT2D eigenvalue weighted by Crippen LogP contribution is -2.49. The highest BCUT2D eigenvalue weighted by molar-refractivity contribution is 5.80. The molecule has 138 valence electrons. The van der Waals surface area contributed by atoms with Crippen molar-refractivity contribution in [2.24, 2.45) is 4.99 Å². The Morgan fingerprint density at radius 3 is 2.72 bits per heavy atom. The lowest BCUT2D eigenvalue weighted by Gasteiger charge is -2.36. The van der Waals surface area contributed by atoms with Gasteiger partial charge in [-0.15, -0.1) is 0 Å². The Balaban J connectivity index is 1.51. The maximum Gasteiger partial charge on any atom is 0.191 e. The van der Waals surface area contributed by atoms with E-state index in [1.54, 1.807) is 0 Å². The van der Waals surface area contributed by atoms with E-state index < -0.39 is 5.60 Å².